The maximum Gasteiger partial charge on any atom is 0.319 e. The van der Waals surface area contributed by atoms with Crippen LogP contribution >= 0.6 is 0 Å². The van der Waals surface area contributed by atoms with Crippen molar-refractivity contribution in [1.29, 1.82) is 0 Å². The summed E-state index contributed by atoms with van der Waals surface area (Å²) in [7, 11) is 0. The van der Waals surface area contributed by atoms with Gasteiger partial charge in [0.1, 0.15) is 5.41 Å². The lowest BCUT2D eigenvalue weighted by atomic mass is 10.0. The van der Waals surface area contributed by atoms with Crippen LogP contribution in [0, 0.1) is 5.41 Å². The first-order valence-electron chi connectivity index (χ1n) is 2.71. The summed E-state index contributed by atoms with van der Waals surface area (Å²) in [6.07, 6.45) is 4.68. The van der Waals surface area contributed by atoms with Crippen LogP contribution in [0.5, 0.6) is 0 Å². The molecule has 0 aromatic rings. The van der Waals surface area contributed by atoms with Crippen molar-refractivity contribution in [2.45, 2.75) is 6.42 Å². The van der Waals surface area contributed by atoms with E-state index in [1.165, 1.54) is 0 Å². The predicted molar refractivity (Wildman–Crippen MR) is 27.1 cm³/mol. The molecule has 0 saturated carbocycles. The van der Waals surface area contributed by atoms with Crippen LogP contribution < -0.4 is 0 Å². The van der Waals surface area contributed by atoms with E-state index >= 15 is 0 Å². The fourth-order valence-electron chi connectivity index (χ4n) is 0.952. The van der Waals surface area contributed by atoms with Crippen molar-refractivity contribution in [1.82, 2.24) is 0 Å². The molecular formula is C6H6O2. The lowest BCUT2D eigenvalue weighted by molar-refractivity contribution is -0.141. The minimum Gasteiger partial charge on any atom is -0.465 e. The Morgan fingerprint density at radius 3 is 2.62 bits per heavy atom. The van der Waals surface area contributed by atoms with Gasteiger partial charge in [-0.05, 0) is 0 Å². The second-order valence-corrected chi connectivity index (χ2v) is 2.26. The summed E-state index contributed by atoms with van der Waals surface area (Å²) in [5, 5.41) is 0. The lowest BCUT2D eigenvalue weighted by Crippen LogP contribution is -2.08. The molecule has 2 rings (SSSR count). The molecule has 0 atom stereocenters. The Bertz CT molecular complexity index is 163. The summed E-state index contributed by atoms with van der Waals surface area (Å²) in [5.41, 5.74) is -0.208. The normalized spacial score (nSPS) is 28.8. The summed E-state index contributed by atoms with van der Waals surface area (Å²) < 4.78 is 4.73. The number of esters is 1. The van der Waals surface area contributed by atoms with E-state index in [4.69, 9.17) is 4.74 Å². The van der Waals surface area contributed by atoms with E-state index in [2.05, 4.69) is 0 Å². The maximum absolute atomic E-state index is 10.7. The van der Waals surface area contributed by atoms with Crippen LogP contribution in [0.3, 0.4) is 0 Å². The Morgan fingerprint density at radius 2 is 2.38 bits per heavy atom. The molecular weight excluding hydrogens is 104 g/mol. The van der Waals surface area contributed by atoms with Gasteiger partial charge in [-0.25, -0.2) is 0 Å². The number of carbonyl (C=O) groups excluding carboxylic acids is 1. The van der Waals surface area contributed by atoms with Gasteiger partial charge in [-0.3, -0.25) is 4.79 Å². The molecule has 1 heterocycles. The van der Waals surface area contributed by atoms with E-state index in [1.807, 2.05) is 12.2 Å². The average Bonchev–Trinajstić information content (AvgIpc) is 2.39. The fourth-order valence-corrected chi connectivity index (χ4v) is 0.952. The van der Waals surface area contributed by atoms with E-state index in [-0.39, 0.29) is 11.4 Å². The Kier molecular flexibility index (Phi) is 0.498. The average molecular weight is 110 g/mol. The van der Waals surface area contributed by atoms with Gasteiger partial charge in [-0.1, -0.05) is 12.2 Å². The van der Waals surface area contributed by atoms with Gasteiger partial charge < -0.3 is 4.74 Å². The molecule has 0 aromatic heterocycles. The number of ether oxygens (including phenoxy) is 1. The first kappa shape index (κ1) is 4.13. The summed E-state index contributed by atoms with van der Waals surface area (Å²) in [6, 6.07) is 0. The zero-order chi connectivity index (χ0) is 5.61. The van der Waals surface area contributed by atoms with E-state index < -0.39 is 0 Å². The third kappa shape index (κ3) is 0.312. The zero-order valence-electron chi connectivity index (χ0n) is 4.39. The summed E-state index contributed by atoms with van der Waals surface area (Å²) in [6.45, 7) is 0.603. The maximum atomic E-state index is 10.7. The van der Waals surface area contributed by atoms with Gasteiger partial charge >= 0.3 is 5.97 Å². The highest BCUT2D eigenvalue weighted by Crippen LogP contribution is 2.43. The highest BCUT2D eigenvalue weighted by Gasteiger charge is 2.47. The Balaban J connectivity index is 2.25. The molecule has 1 aliphatic heterocycles. The number of hydrogen-bond donors (Lipinski definition) is 0. The highest BCUT2D eigenvalue weighted by molar-refractivity contribution is 5.87. The van der Waals surface area contributed by atoms with Crippen molar-refractivity contribution in [3.63, 3.8) is 0 Å². The number of rotatable bonds is 0. The summed E-state index contributed by atoms with van der Waals surface area (Å²) in [4.78, 5) is 10.7. The molecule has 0 N–H and O–H groups in total. The van der Waals surface area contributed by atoms with E-state index in [1.54, 1.807) is 0 Å². The third-order valence-electron chi connectivity index (χ3n) is 1.70. The molecule has 2 nitrogen and oxygen atoms in total. The summed E-state index contributed by atoms with van der Waals surface area (Å²) >= 11 is 0. The monoisotopic (exact) mass is 110 g/mol. The Morgan fingerprint density at radius 1 is 1.62 bits per heavy atom. The molecule has 0 aromatic carbocycles. The molecule has 1 spiro atoms. The zero-order valence-corrected chi connectivity index (χ0v) is 4.39. The van der Waals surface area contributed by atoms with Crippen molar-refractivity contribution in [2.75, 3.05) is 6.61 Å². The molecule has 1 aliphatic carbocycles. The molecule has 42 valence electrons. The number of carbonyl (C=O) groups is 1. The van der Waals surface area contributed by atoms with E-state index in [0.29, 0.717) is 6.61 Å². The first-order valence-corrected chi connectivity index (χ1v) is 2.71. The Hall–Kier alpha value is -0.790. The van der Waals surface area contributed by atoms with Gasteiger partial charge in [-0.15, -0.1) is 0 Å². The van der Waals surface area contributed by atoms with Crippen LogP contribution in [0.1, 0.15) is 6.42 Å². The topological polar surface area (TPSA) is 26.3 Å². The molecule has 0 unspecified atom stereocenters. The number of cyclic esters (lactones) is 1. The molecule has 1 fully saturated rings. The van der Waals surface area contributed by atoms with Crippen molar-refractivity contribution in [3.8, 4) is 0 Å². The van der Waals surface area contributed by atoms with E-state index in [9.17, 15) is 4.79 Å². The van der Waals surface area contributed by atoms with Crippen LogP contribution in [-0.4, -0.2) is 12.6 Å². The molecule has 0 bridgehead atoms. The molecule has 8 heavy (non-hydrogen) atoms. The SMILES string of the molecule is O=C1OCCC12C=C2. The van der Waals surface area contributed by atoms with Gasteiger partial charge in [0.15, 0.2) is 0 Å². The molecule has 2 heteroatoms. The standard InChI is InChI=1S/C6H6O2/c7-5-6(1-2-6)3-4-8-5/h1-2H,3-4H2. The Labute approximate surface area is 47.1 Å². The van der Waals surface area contributed by atoms with Gasteiger partial charge in [0.05, 0.1) is 6.61 Å². The molecule has 1 saturated heterocycles. The third-order valence-corrected chi connectivity index (χ3v) is 1.70. The quantitative estimate of drug-likeness (QED) is 0.335. The van der Waals surface area contributed by atoms with Crippen LogP contribution in [0.2, 0.25) is 0 Å². The molecule has 2 aliphatic rings. The van der Waals surface area contributed by atoms with Gasteiger partial charge in [-0.2, -0.15) is 0 Å². The van der Waals surface area contributed by atoms with Crippen molar-refractivity contribution >= 4 is 5.97 Å². The first-order chi connectivity index (χ1) is 3.83. The van der Waals surface area contributed by atoms with Gasteiger partial charge in [0, 0.05) is 6.42 Å². The number of hydrogen-bond acceptors (Lipinski definition) is 2. The summed E-state index contributed by atoms with van der Waals surface area (Å²) in [5.74, 6) is -0.0579. The highest BCUT2D eigenvalue weighted by atomic mass is 16.5. The van der Waals surface area contributed by atoms with Gasteiger partial charge in [0.2, 0.25) is 0 Å². The minimum atomic E-state index is -0.208. The minimum absolute atomic E-state index is 0.0579. The largest absolute Gasteiger partial charge is 0.465 e. The molecule has 0 amide bonds. The van der Waals surface area contributed by atoms with Crippen molar-refractivity contribution in [3.05, 3.63) is 12.2 Å². The van der Waals surface area contributed by atoms with Gasteiger partial charge in [0.25, 0.3) is 0 Å². The second kappa shape index (κ2) is 0.966. The van der Waals surface area contributed by atoms with E-state index in [0.717, 1.165) is 6.42 Å². The smallest absolute Gasteiger partial charge is 0.319 e. The van der Waals surface area contributed by atoms with Crippen LogP contribution in [0.4, 0.5) is 0 Å². The lowest BCUT2D eigenvalue weighted by Gasteiger charge is -1.95. The van der Waals surface area contributed by atoms with Crippen LogP contribution in [0.25, 0.3) is 0 Å². The molecule has 0 radical (unpaired) electrons. The fraction of sp³-hybridized carbons (Fsp3) is 0.500. The van der Waals surface area contributed by atoms with Crippen LogP contribution in [-0.2, 0) is 9.53 Å². The predicted octanol–water partition coefficient (Wildman–Crippen LogP) is 0.490. The second-order valence-electron chi connectivity index (χ2n) is 2.26. The van der Waals surface area contributed by atoms with Crippen molar-refractivity contribution in [2.24, 2.45) is 5.41 Å². The van der Waals surface area contributed by atoms with Crippen LogP contribution in [0.15, 0.2) is 12.2 Å². The van der Waals surface area contributed by atoms with Crippen molar-refractivity contribution < 1.29 is 9.53 Å².